The second-order valence-electron chi connectivity index (χ2n) is 3.68. The smallest absolute Gasteiger partial charge is 0.299 e. The topological polar surface area (TPSA) is 35.5 Å². The number of alkyl halides is 8. The van der Waals surface area contributed by atoms with Gasteiger partial charge in [0.15, 0.2) is 6.61 Å². The van der Waals surface area contributed by atoms with Gasteiger partial charge in [-0.25, -0.2) is 4.52 Å². The van der Waals surface area contributed by atoms with Crippen LogP contribution in [0.25, 0.3) is 0 Å². The molecule has 0 amide bonds. The maximum absolute atomic E-state index is 12.6. The van der Waals surface area contributed by atoms with Crippen LogP contribution in [0, 0.1) is 0 Å². The third-order valence-electron chi connectivity index (χ3n) is 1.79. The monoisotopic (exact) mass is 338 g/mol. The van der Waals surface area contributed by atoms with E-state index in [-0.39, 0.29) is 12.8 Å². The van der Waals surface area contributed by atoms with Crippen LogP contribution in [0.1, 0.15) is 19.8 Å². The SMILES string of the molecule is CCCCP(=O)(OCC(F)(F)F)OC(F)(F)C(F)(F)F. The van der Waals surface area contributed by atoms with Gasteiger partial charge in [0.05, 0.1) is 6.16 Å². The number of hydrogen-bond donors (Lipinski definition) is 0. The molecule has 0 aliphatic heterocycles. The van der Waals surface area contributed by atoms with E-state index in [1.54, 1.807) is 0 Å². The molecule has 0 saturated carbocycles. The molecule has 0 aromatic carbocycles. The fourth-order valence-electron chi connectivity index (χ4n) is 0.886. The fraction of sp³-hybridized carbons (Fsp3) is 1.00. The van der Waals surface area contributed by atoms with Crippen LogP contribution in [0.3, 0.4) is 0 Å². The van der Waals surface area contributed by atoms with Crippen molar-refractivity contribution in [2.45, 2.75) is 38.2 Å². The first kappa shape index (κ1) is 19.6. The summed E-state index contributed by atoms with van der Waals surface area (Å²) >= 11 is 0. The van der Waals surface area contributed by atoms with Gasteiger partial charge in [0.1, 0.15) is 0 Å². The Hall–Kier alpha value is -0.410. The highest BCUT2D eigenvalue weighted by molar-refractivity contribution is 7.53. The zero-order valence-corrected chi connectivity index (χ0v) is 10.9. The van der Waals surface area contributed by atoms with Crippen molar-refractivity contribution in [2.24, 2.45) is 0 Å². The quantitative estimate of drug-likeness (QED) is 0.497. The van der Waals surface area contributed by atoms with E-state index in [4.69, 9.17) is 0 Å². The Morgan fingerprint density at radius 3 is 1.85 bits per heavy atom. The van der Waals surface area contributed by atoms with Crippen LogP contribution in [0.4, 0.5) is 35.1 Å². The molecule has 0 aromatic heterocycles. The van der Waals surface area contributed by atoms with E-state index >= 15 is 0 Å². The summed E-state index contributed by atoms with van der Waals surface area (Å²) in [4.78, 5) is 0. The number of rotatable bonds is 7. The third-order valence-corrected chi connectivity index (χ3v) is 3.69. The minimum Gasteiger partial charge on any atom is -0.299 e. The highest BCUT2D eigenvalue weighted by Gasteiger charge is 2.63. The number of hydrogen-bond acceptors (Lipinski definition) is 3. The van der Waals surface area contributed by atoms with E-state index < -0.39 is 38.8 Å². The Balaban J connectivity index is 5.01. The van der Waals surface area contributed by atoms with Gasteiger partial charge in [-0.1, -0.05) is 13.3 Å². The van der Waals surface area contributed by atoms with E-state index in [0.29, 0.717) is 0 Å². The van der Waals surface area contributed by atoms with Crippen LogP contribution in [-0.4, -0.2) is 31.2 Å². The van der Waals surface area contributed by atoms with Crippen molar-refractivity contribution < 1.29 is 48.7 Å². The average Bonchev–Trinajstić information content (AvgIpc) is 2.21. The van der Waals surface area contributed by atoms with Crippen LogP contribution >= 0.6 is 7.60 Å². The summed E-state index contributed by atoms with van der Waals surface area (Å²) in [6, 6.07) is 0. The zero-order valence-electron chi connectivity index (χ0n) is 10.0. The van der Waals surface area contributed by atoms with Gasteiger partial charge >= 0.3 is 26.1 Å². The predicted octanol–water partition coefficient (Wildman–Crippen LogP) is 4.73. The fourth-order valence-corrected chi connectivity index (χ4v) is 2.66. The van der Waals surface area contributed by atoms with Crippen LogP contribution in [-0.2, 0) is 13.6 Å². The molecule has 0 saturated heterocycles. The minimum absolute atomic E-state index is 0.181. The first-order valence-electron chi connectivity index (χ1n) is 5.18. The molecule has 0 rings (SSSR count). The maximum Gasteiger partial charge on any atom is 0.483 e. The Morgan fingerprint density at radius 2 is 1.50 bits per heavy atom. The van der Waals surface area contributed by atoms with Crippen LogP contribution in [0.5, 0.6) is 0 Å². The molecular weight excluding hydrogens is 327 g/mol. The van der Waals surface area contributed by atoms with Gasteiger partial charge in [-0.05, 0) is 6.42 Å². The molecule has 0 N–H and O–H groups in total. The lowest BCUT2D eigenvalue weighted by molar-refractivity contribution is -0.363. The average molecular weight is 338 g/mol. The van der Waals surface area contributed by atoms with Crippen molar-refractivity contribution in [1.29, 1.82) is 0 Å². The molecule has 0 aliphatic rings. The molecule has 122 valence electrons. The van der Waals surface area contributed by atoms with Crippen molar-refractivity contribution in [1.82, 2.24) is 0 Å². The molecule has 20 heavy (non-hydrogen) atoms. The van der Waals surface area contributed by atoms with E-state index in [0.717, 1.165) is 0 Å². The van der Waals surface area contributed by atoms with Gasteiger partial charge in [-0.15, -0.1) is 0 Å². The maximum atomic E-state index is 12.6. The van der Waals surface area contributed by atoms with Gasteiger partial charge in [0.25, 0.3) is 0 Å². The Bertz CT molecular complexity index is 351. The molecule has 0 fully saturated rings. The van der Waals surface area contributed by atoms with Gasteiger partial charge in [-0.3, -0.25) is 9.09 Å². The van der Waals surface area contributed by atoms with Gasteiger partial charge in [0, 0.05) is 0 Å². The zero-order chi connectivity index (χ0) is 16.2. The molecule has 1 unspecified atom stereocenters. The first-order valence-corrected chi connectivity index (χ1v) is 6.91. The van der Waals surface area contributed by atoms with Crippen LogP contribution < -0.4 is 0 Å². The highest BCUT2D eigenvalue weighted by Crippen LogP contribution is 2.56. The number of unbranched alkanes of at least 4 members (excludes halogenated alkanes) is 1. The summed E-state index contributed by atoms with van der Waals surface area (Å²) in [5, 5.41) is 0. The summed E-state index contributed by atoms with van der Waals surface area (Å²) in [6.45, 7) is -0.794. The Labute approximate surface area is 108 Å². The van der Waals surface area contributed by atoms with Crippen molar-refractivity contribution in [3.63, 3.8) is 0 Å². The lowest BCUT2D eigenvalue weighted by Gasteiger charge is -2.25. The predicted molar refractivity (Wildman–Crippen MR) is 51.5 cm³/mol. The summed E-state index contributed by atoms with van der Waals surface area (Å²) in [5.74, 6) is 0. The Morgan fingerprint density at radius 1 is 1.00 bits per heavy atom. The molecule has 3 nitrogen and oxygen atoms in total. The third kappa shape index (κ3) is 6.85. The van der Waals surface area contributed by atoms with Gasteiger partial charge in [0.2, 0.25) is 0 Å². The van der Waals surface area contributed by atoms with Crippen molar-refractivity contribution >= 4 is 7.60 Å². The molecular formula is C8H11F8O3P. The molecule has 0 bridgehead atoms. The standard InChI is InChI=1S/C8H11F8O3P/c1-2-3-4-20(17,18-5-6(9,10)11)19-8(15,16)7(12,13)14/h2-5H2,1H3. The second kappa shape index (κ2) is 6.57. The van der Waals surface area contributed by atoms with E-state index in [1.165, 1.54) is 6.92 Å². The molecule has 0 radical (unpaired) electrons. The normalized spacial score (nSPS) is 17.1. The van der Waals surface area contributed by atoms with Crippen LogP contribution in [0.2, 0.25) is 0 Å². The summed E-state index contributed by atoms with van der Waals surface area (Å²) in [6.07, 6.45) is -18.1. The van der Waals surface area contributed by atoms with Gasteiger partial charge in [-0.2, -0.15) is 35.1 Å². The van der Waals surface area contributed by atoms with Crippen LogP contribution in [0.15, 0.2) is 0 Å². The molecule has 1 atom stereocenters. The first-order chi connectivity index (χ1) is 8.72. The molecule has 0 spiro atoms. The van der Waals surface area contributed by atoms with E-state index in [2.05, 4.69) is 9.05 Å². The minimum atomic E-state index is -6.21. The second-order valence-corrected chi connectivity index (χ2v) is 5.79. The lowest BCUT2D eigenvalue weighted by atomic mass is 10.4. The molecule has 0 heterocycles. The van der Waals surface area contributed by atoms with E-state index in [1.807, 2.05) is 0 Å². The number of halogens is 8. The summed E-state index contributed by atoms with van der Waals surface area (Å²) in [7, 11) is -5.24. The Kier molecular flexibility index (Phi) is 6.43. The molecule has 12 heteroatoms. The van der Waals surface area contributed by atoms with E-state index in [9.17, 15) is 39.7 Å². The largest absolute Gasteiger partial charge is 0.483 e. The van der Waals surface area contributed by atoms with Crippen molar-refractivity contribution in [3.05, 3.63) is 0 Å². The lowest BCUT2D eigenvalue weighted by Crippen LogP contribution is -2.38. The van der Waals surface area contributed by atoms with Crippen molar-refractivity contribution in [3.8, 4) is 0 Å². The molecule has 0 aliphatic carbocycles. The summed E-state index contributed by atoms with van der Waals surface area (Å²) in [5.41, 5.74) is 0. The highest BCUT2D eigenvalue weighted by atomic mass is 31.2. The molecule has 0 aromatic rings. The van der Waals surface area contributed by atoms with Gasteiger partial charge < -0.3 is 0 Å². The summed E-state index contributed by atoms with van der Waals surface area (Å²) < 4.78 is 115. The van der Waals surface area contributed by atoms with Crippen molar-refractivity contribution in [2.75, 3.05) is 12.8 Å².